The van der Waals surface area contributed by atoms with Gasteiger partial charge in [0, 0.05) is 12.6 Å². The van der Waals surface area contributed by atoms with E-state index in [0.717, 1.165) is 0 Å². The number of aliphatic hydroxyl groups is 1. The Kier molecular flexibility index (Phi) is 4.07. The van der Waals surface area contributed by atoms with Gasteiger partial charge >= 0.3 is 6.09 Å². The van der Waals surface area contributed by atoms with Gasteiger partial charge < -0.3 is 19.3 Å². The minimum Gasteiger partial charge on any atom is -0.497 e. The van der Waals surface area contributed by atoms with Crippen molar-refractivity contribution in [2.24, 2.45) is 0 Å². The lowest BCUT2D eigenvalue weighted by atomic mass is 9.91. The van der Waals surface area contributed by atoms with E-state index in [4.69, 9.17) is 14.2 Å². The number of rotatable bonds is 4. The van der Waals surface area contributed by atoms with E-state index in [1.54, 1.807) is 62.8 Å². The van der Waals surface area contributed by atoms with Crippen LogP contribution in [-0.2, 0) is 10.5 Å². The Morgan fingerprint density at radius 1 is 1.00 bits per heavy atom. The molecule has 3 rings (SSSR count). The molecule has 2 unspecified atom stereocenters. The first-order chi connectivity index (χ1) is 11.5. The van der Waals surface area contributed by atoms with Crippen LogP contribution in [0.25, 0.3) is 0 Å². The van der Waals surface area contributed by atoms with Gasteiger partial charge in [-0.3, -0.25) is 4.90 Å². The monoisotopic (exact) mass is 329 g/mol. The maximum absolute atomic E-state index is 12.1. The maximum Gasteiger partial charge on any atom is 0.412 e. The van der Waals surface area contributed by atoms with Gasteiger partial charge in [0.15, 0.2) is 6.10 Å². The highest BCUT2D eigenvalue weighted by Crippen LogP contribution is 2.46. The zero-order valence-corrected chi connectivity index (χ0v) is 13.7. The summed E-state index contributed by atoms with van der Waals surface area (Å²) in [6.45, 7) is 0. The van der Waals surface area contributed by atoms with Gasteiger partial charge in [-0.25, -0.2) is 4.79 Å². The van der Waals surface area contributed by atoms with Crippen molar-refractivity contribution in [3.05, 3.63) is 59.7 Å². The summed E-state index contributed by atoms with van der Waals surface area (Å²) in [7, 11) is 4.65. The maximum atomic E-state index is 12.1. The van der Waals surface area contributed by atoms with Gasteiger partial charge in [0.1, 0.15) is 11.5 Å². The van der Waals surface area contributed by atoms with Crippen LogP contribution in [0.2, 0.25) is 0 Å². The quantitative estimate of drug-likeness (QED) is 0.934. The van der Waals surface area contributed by atoms with Crippen LogP contribution in [-0.4, -0.2) is 37.4 Å². The Morgan fingerprint density at radius 2 is 1.50 bits per heavy atom. The van der Waals surface area contributed by atoms with E-state index in [0.29, 0.717) is 22.6 Å². The molecule has 6 nitrogen and oxygen atoms in total. The highest BCUT2D eigenvalue weighted by atomic mass is 16.6. The first-order valence-electron chi connectivity index (χ1n) is 7.46. The average Bonchev–Trinajstić information content (AvgIpc) is 2.87. The van der Waals surface area contributed by atoms with E-state index in [-0.39, 0.29) is 0 Å². The van der Waals surface area contributed by atoms with E-state index in [9.17, 15) is 9.90 Å². The normalized spacial score (nSPS) is 23.1. The minimum absolute atomic E-state index is 0.539. The van der Waals surface area contributed by atoms with Crippen LogP contribution in [0.15, 0.2) is 48.5 Å². The number of hydrogen-bond acceptors (Lipinski definition) is 5. The fourth-order valence-corrected chi connectivity index (χ4v) is 2.84. The van der Waals surface area contributed by atoms with Gasteiger partial charge in [-0.05, 0) is 29.8 Å². The van der Waals surface area contributed by atoms with Crippen molar-refractivity contribution in [1.82, 2.24) is 4.90 Å². The Balaban J connectivity index is 2.04. The zero-order valence-electron chi connectivity index (χ0n) is 13.7. The summed E-state index contributed by atoms with van der Waals surface area (Å²) in [5, 5.41) is 11.3. The largest absolute Gasteiger partial charge is 0.497 e. The smallest absolute Gasteiger partial charge is 0.412 e. The standard InChI is InChI=1S/C18H19NO5/c1-19-17(20)24-16(12-4-8-14(22-2)9-5-12)18(19,21)13-6-10-15(23-3)11-7-13/h4-11,16,21H,1-3H3. The van der Waals surface area contributed by atoms with Crippen LogP contribution in [0.4, 0.5) is 4.79 Å². The number of amides is 1. The third kappa shape index (κ3) is 2.45. The van der Waals surface area contributed by atoms with E-state index >= 15 is 0 Å². The number of carbonyl (C=O) groups excluding carboxylic acids is 1. The average molecular weight is 329 g/mol. The molecule has 126 valence electrons. The van der Waals surface area contributed by atoms with Gasteiger partial charge in [0.2, 0.25) is 5.72 Å². The lowest BCUT2D eigenvalue weighted by Crippen LogP contribution is -2.43. The van der Waals surface area contributed by atoms with Crippen molar-refractivity contribution < 1.29 is 24.1 Å². The second-order valence-electron chi connectivity index (χ2n) is 5.55. The highest BCUT2D eigenvalue weighted by Gasteiger charge is 2.54. The second-order valence-corrected chi connectivity index (χ2v) is 5.55. The van der Waals surface area contributed by atoms with Crippen LogP contribution in [0, 0.1) is 0 Å². The van der Waals surface area contributed by atoms with Crippen molar-refractivity contribution in [3.63, 3.8) is 0 Å². The highest BCUT2D eigenvalue weighted by molar-refractivity contribution is 5.72. The van der Waals surface area contributed by atoms with Crippen LogP contribution in [0.3, 0.4) is 0 Å². The fraction of sp³-hybridized carbons (Fsp3) is 0.278. The van der Waals surface area contributed by atoms with E-state index in [1.807, 2.05) is 0 Å². The molecule has 0 radical (unpaired) electrons. The molecule has 1 amide bonds. The number of ether oxygens (including phenoxy) is 3. The molecule has 1 aliphatic heterocycles. The summed E-state index contributed by atoms with van der Waals surface area (Å²) >= 11 is 0. The van der Waals surface area contributed by atoms with E-state index in [1.165, 1.54) is 11.9 Å². The van der Waals surface area contributed by atoms with Crippen molar-refractivity contribution in [2.75, 3.05) is 21.3 Å². The Morgan fingerprint density at radius 3 is 2.00 bits per heavy atom. The summed E-state index contributed by atoms with van der Waals surface area (Å²) in [6, 6.07) is 14.0. The van der Waals surface area contributed by atoms with Gasteiger partial charge in [0.25, 0.3) is 0 Å². The predicted octanol–water partition coefficient (Wildman–Crippen LogP) is 2.67. The molecule has 0 aliphatic carbocycles. The molecule has 0 bridgehead atoms. The van der Waals surface area contributed by atoms with Gasteiger partial charge in [0.05, 0.1) is 14.2 Å². The van der Waals surface area contributed by atoms with Crippen LogP contribution in [0.1, 0.15) is 17.2 Å². The molecule has 1 heterocycles. The number of hydrogen-bond donors (Lipinski definition) is 1. The summed E-state index contributed by atoms with van der Waals surface area (Å²) in [5.41, 5.74) is -0.401. The van der Waals surface area contributed by atoms with Gasteiger partial charge in [-0.1, -0.05) is 24.3 Å². The summed E-state index contributed by atoms with van der Waals surface area (Å²) in [6.07, 6.45) is -1.44. The number of benzene rings is 2. The second kappa shape index (κ2) is 6.05. The van der Waals surface area contributed by atoms with E-state index in [2.05, 4.69) is 0 Å². The molecule has 1 aliphatic rings. The zero-order chi connectivity index (χ0) is 17.3. The number of carbonyl (C=O) groups is 1. The molecule has 6 heteroatoms. The molecule has 2 aromatic rings. The Labute approximate surface area is 140 Å². The van der Waals surface area contributed by atoms with Gasteiger partial charge in [-0.15, -0.1) is 0 Å². The lowest BCUT2D eigenvalue weighted by Gasteiger charge is -2.32. The Bertz CT molecular complexity index is 728. The number of methoxy groups -OCH3 is 2. The third-order valence-corrected chi connectivity index (χ3v) is 4.30. The van der Waals surface area contributed by atoms with Crippen molar-refractivity contribution in [1.29, 1.82) is 0 Å². The van der Waals surface area contributed by atoms with Crippen LogP contribution >= 0.6 is 0 Å². The molecule has 2 aromatic carbocycles. The molecule has 1 saturated heterocycles. The van der Waals surface area contributed by atoms with Crippen molar-refractivity contribution >= 4 is 6.09 Å². The molecule has 24 heavy (non-hydrogen) atoms. The predicted molar refractivity (Wildman–Crippen MR) is 86.9 cm³/mol. The van der Waals surface area contributed by atoms with Crippen LogP contribution in [0.5, 0.6) is 11.5 Å². The molecule has 0 aromatic heterocycles. The first kappa shape index (κ1) is 16.1. The summed E-state index contributed by atoms with van der Waals surface area (Å²) in [4.78, 5) is 13.3. The lowest BCUT2D eigenvalue weighted by molar-refractivity contribution is -0.101. The fourth-order valence-electron chi connectivity index (χ4n) is 2.84. The SMILES string of the molecule is COc1ccc(C2OC(=O)N(C)C2(O)c2ccc(OC)cc2)cc1. The molecule has 0 saturated carbocycles. The number of likely N-dealkylation sites (N-methyl/N-ethyl adjacent to an activating group) is 1. The number of nitrogens with zero attached hydrogens (tertiary/aromatic N) is 1. The number of cyclic esters (lactones) is 1. The van der Waals surface area contributed by atoms with Crippen LogP contribution < -0.4 is 9.47 Å². The summed E-state index contributed by atoms with van der Waals surface area (Å²) in [5.74, 6) is 1.35. The van der Waals surface area contributed by atoms with Crippen molar-refractivity contribution in [3.8, 4) is 11.5 Å². The molecule has 1 fully saturated rings. The molecule has 0 spiro atoms. The Hall–Kier alpha value is -2.73. The molecular weight excluding hydrogens is 310 g/mol. The van der Waals surface area contributed by atoms with E-state index < -0.39 is 17.9 Å². The first-order valence-corrected chi connectivity index (χ1v) is 7.46. The molecular formula is C18H19NO5. The topological polar surface area (TPSA) is 68.2 Å². The third-order valence-electron chi connectivity index (χ3n) is 4.30. The molecule has 1 N–H and O–H groups in total. The van der Waals surface area contributed by atoms with Gasteiger partial charge in [-0.2, -0.15) is 0 Å². The molecule has 2 atom stereocenters. The summed E-state index contributed by atoms with van der Waals surface area (Å²) < 4.78 is 15.7. The minimum atomic E-state index is -1.61. The van der Waals surface area contributed by atoms with Crippen molar-refractivity contribution in [2.45, 2.75) is 11.8 Å².